The molecule has 0 aliphatic heterocycles. The van der Waals surface area contributed by atoms with Gasteiger partial charge >= 0.3 is 0 Å². The first-order valence-corrected chi connectivity index (χ1v) is 6.48. The highest BCUT2D eigenvalue weighted by Crippen LogP contribution is 2.21. The second kappa shape index (κ2) is 5.87. The Kier molecular flexibility index (Phi) is 4.20. The van der Waals surface area contributed by atoms with Crippen LogP contribution in [0.3, 0.4) is 0 Å². The highest BCUT2D eigenvalue weighted by molar-refractivity contribution is 9.10. The molecule has 3 N–H and O–H groups in total. The van der Waals surface area contributed by atoms with Gasteiger partial charge in [0.2, 0.25) is 0 Å². The molecule has 0 fully saturated rings. The normalized spacial score (nSPS) is 10.3. The second-order valence-electron chi connectivity index (χ2n) is 4.01. The maximum absolute atomic E-state index is 13.2. The minimum atomic E-state index is -0.387. The van der Waals surface area contributed by atoms with E-state index in [-0.39, 0.29) is 11.5 Å². The fraction of sp³-hybridized carbons (Fsp3) is 0.143. The summed E-state index contributed by atoms with van der Waals surface area (Å²) in [5.41, 5.74) is 7.67. The van der Waals surface area contributed by atoms with Crippen molar-refractivity contribution in [3.63, 3.8) is 0 Å². The van der Waals surface area contributed by atoms with Gasteiger partial charge in [0, 0.05) is 11.0 Å². The minimum absolute atomic E-state index is 0.173. The summed E-state index contributed by atoms with van der Waals surface area (Å²) in [6, 6.07) is 12.9. The second-order valence-corrected chi connectivity index (χ2v) is 4.92. The van der Waals surface area contributed by atoms with E-state index in [1.54, 1.807) is 12.1 Å². The monoisotopic (exact) mass is 308 g/mol. The van der Waals surface area contributed by atoms with E-state index in [0.29, 0.717) is 12.2 Å². The predicted octanol–water partition coefficient (Wildman–Crippen LogP) is 3.83. The van der Waals surface area contributed by atoms with Crippen LogP contribution in [0.5, 0.6) is 0 Å². The van der Waals surface area contributed by atoms with Crippen LogP contribution in [0.25, 0.3) is 0 Å². The lowest BCUT2D eigenvalue weighted by molar-refractivity contribution is 0.633. The number of hydrogen-bond acceptors (Lipinski definition) is 2. The number of nitrogens with one attached hydrogen (secondary N) is 1. The van der Waals surface area contributed by atoms with Gasteiger partial charge in [0.05, 0.1) is 11.4 Å². The fourth-order valence-corrected chi connectivity index (χ4v) is 2.17. The Hall–Kier alpha value is -1.55. The van der Waals surface area contributed by atoms with E-state index in [1.807, 2.05) is 12.1 Å². The van der Waals surface area contributed by atoms with Crippen LogP contribution in [-0.4, -0.2) is 6.54 Å². The molecule has 94 valence electrons. The molecule has 4 heteroatoms. The average molecular weight is 309 g/mol. The van der Waals surface area contributed by atoms with Crippen LogP contribution in [0.4, 0.5) is 15.8 Å². The van der Waals surface area contributed by atoms with Crippen LogP contribution >= 0.6 is 15.9 Å². The van der Waals surface area contributed by atoms with E-state index >= 15 is 0 Å². The molecule has 0 spiro atoms. The van der Waals surface area contributed by atoms with E-state index in [2.05, 4.69) is 33.4 Å². The van der Waals surface area contributed by atoms with Gasteiger partial charge in [-0.2, -0.15) is 0 Å². The van der Waals surface area contributed by atoms with E-state index in [9.17, 15) is 4.39 Å². The third kappa shape index (κ3) is 3.23. The Morgan fingerprint density at radius 3 is 2.72 bits per heavy atom. The zero-order valence-electron chi connectivity index (χ0n) is 9.79. The van der Waals surface area contributed by atoms with E-state index < -0.39 is 0 Å². The van der Waals surface area contributed by atoms with E-state index in [0.717, 1.165) is 10.9 Å². The molecular formula is C14H14BrFN2. The summed E-state index contributed by atoms with van der Waals surface area (Å²) < 4.78 is 14.3. The quantitative estimate of drug-likeness (QED) is 0.843. The average Bonchev–Trinajstić information content (AvgIpc) is 2.35. The number of nitrogens with two attached hydrogens (primary N) is 1. The van der Waals surface area contributed by atoms with Crippen molar-refractivity contribution in [2.24, 2.45) is 0 Å². The Morgan fingerprint density at radius 2 is 1.94 bits per heavy atom. The Bertz CT molecular complexity index is 543. The van der Waals surface area contributed by atoms with Crippen molar-refractivity contribution in [2.45, 2.75) is 6.42 Å². The third-order valence-corrected chi connectivity index (χ3v) is 3.16. The number of nitrogen functional groups attached to an aromatic ring is 1. The maximum atomic E-state index is 13.2. The summed E-state index contributed by atoms with van der Waals surface area (Å²) in [6.45, 7) is 0.712. The summed E-state index contributed by atoms with van der Waals surface area (Å²) in [4.78, 5) is 0. The van der Waals surface area contributed by atoms with Gasteiger partial charge in [-0.05, 0) is 36.2 Å². The molecule has 2 aromatic rings. The molecule has 0 aliphatic carbocycles. The summed E-state index contributed by atoms with van der Waals surface area (Å²) in [5.74, 6) is -0.387. The largest absolute Gasteiger partial charge is 0.395 e. The molecule has 0 saturated carbocycles. The van der Waals surface area contributed by atoms with Gasteiger partial charge in [-0.3, -0.25) is 0 Å². The molecule has 2 rings (SSSR count). The van der Waals surface area contributed by atoms with Gasteiger partial charge < -0.3 is 11.1 Å². The van der Waals surface area contributed by atoms with Crippen LogP contribution in [0.1, 0.15) is 5.56 Å². The van der Waals surface area contributed by atoms with Crippen LogP contribution in [0, 0.1) is 5.82 Å². The van der Waals surface area contributed by atoms with Crippen molar-refractivity contribution in [3.8, 4) is 0 Å². The Balaban J connectivity index is 1.94. The van der Waals surface area contributed by atoms with Crippen molar-refractivity contribution in [1.29, 1.82) is 0 Å². The Labute approximate surface area is 114 Å². The molecule has 0 saturated heterocycles. The van der Waals surface area contributed by atoms with Gasteiger partial charge in [-0.25, -0.2) is 4.39 Å². The molecule has 0 radical (unpaired) electrons. The van der Waals surface area contributed by atoms with Crippen LogP contribution < -0.4 is 11.1 Å². The predicted molar refractivity (Wildman–Crippen MR) is 77.1 cm³/mol. The van der Waals surface area contributed by atoms with Crippen molar-refractivity contribution in [3.05, 3.63) is 58.3 Å². The fourth-order valence-electron chi connectivity index (χ4n) is 1.73. The number of benzene rings is 2. The molecule has 0 amide bonds. The van der Waals surface area contributed by atoms with E-state index in [1.165, 1.54) is 11.6 Å². The standard InChI is InChI=1S/C14H14BrFN2/c15-11-4-1-3-10(9-11)7-8-18-13-6-2-5-12(16)14(13)17/h1-6,9,18H,7-8,17H2. The summed E-state index contributed by atoms with van der Waals surface area (Å²) >= 11 is 3.43. The van der Waals surface area contributed by atoms with E-state index in [4.69, 9.17) is 5.73 Å². The number of rotatable bonds is 4. The highest BCUT2D eigenvalue weighted by atomic mass is 79.9. The number of anilines is 2. The van der Waals surface area contributed by atoms with Gasteiger partial charge in [0.25, 0.3) is 0 Å². The molecule has 2 aromatic carbocycles. The molecule has 0 unspecified atom stereocenters. The smallest absolute Gasteiger partial charge is 0.148 e. The van der Waals surface area contributed by atoms with Gasteiger partial charge in [0.15, 0.2) is 0 Å². The SMILES string of the molecule is Nc1c(F)cccc1NCCc1cccc(Br)c1. The van der Waals surface area contributed by atoms with Crippen LogP contribution in [-0.2, 0) is 6.42 Å². The number of hydrogen-bond donors (Lipinski definition) is 2. The molecule has 0 aliphatic rings. The zero-order chi connectivity index (χ0) is 13.0. The van der Waals surface area contributed by atoms with Crippen molar-refractivity contribution in [1.82, 2.24) is 0 Å². The zero-order valence-corrected chi connectivity index (χ0v) is 11.4. The highest BCUT2D eigenvalue weighted by Gasteiger charge is 2.03. The molecule has 0 atom stereocenters. The minimum Gasteiger partial charge on any atom is -0.395 e. The van der Waals surface area contributed by atoms with Crippen LogP contribution in [0.2, 0.25) is 0 Å². The Morgan fingerprint density at radius 1 is 1.17 bits per heavy atom. The summed E-state index contributed by atoms with van der Waals surface area (Å²) in [7, 11) is 0. The lowest BCUT2D eigenvalue weighted by atomic mass is 10.1. The van der Waals surface area contributed by atoms with Gasteiger partial charge in [0.1, 0.15) is 5.82 Å². The van der Waals surface area contributed by atoms with Crippen molar-refractivity contribution < 1.29 is 4.39 Å². The third-order valence-electron chi connectivity index (χ3n) is 2.67. The van der Waals surface area contributed by atoms with Crippen molar-refractivity contribution in [2.75, 3.05) is 17.6 Å². The topological polar surface area (TPSA) is 38.0 Å². The summed E-state index contributed by atoms with van der Waals surface area (Å²) in [6.07, 6.45) is 0.857. The number of halogens is 2. The first kappa shape index (κ1) is 12.9. The van der Waals surface area contributed by atoms with Crippen LogP contribution in [0.15, 0.2) is 46.9 Å². The summed E-state index contributed by atoms with van der Waals surface area (Å²) in [5, 5.41) is 3.14. The van der Waals surface area contributed by atoms with Gasteiger partial charge in [-0.1, -0.05) is 34.1 Å². The molecular weight excluding hydrogens is 295 g/mol. The lowest BCUT2D eigenvalue weighted by Crippen LogP contribution is -2.07. The molecule has 0 aromatic heterocycles. The first-order valence-electron chi connectivity index (χ1n) is 5.69. The number of para-hydroxylation sites is 1. The maximum Gasteiger partial charge on any atom is 0.148 e. The molecule has 2 nitrogen and oxygen atoms in total. The molecule has 0 bridgehead atoms. The lowest BCUT2D eigenvalue weighted by Gasteiger charge is -2.09. The molecule has 18 heavy (non-hydrogen) atoms. The van der Waals surface area contributed by atoms with Gasteiger partial charge in [-0.15, -0.1) is 0 Å². The van der Waals surface area contributed by atoms with Crippen molar-refractivity contribution >= 4 is 27.3 Å². The molecule has 0 heterocycles. The first-order chi connectivity index (χ1) is 8.66.